The molecule has 7 nitrogen and oxygen atoms in total. The predicted molar refractivity (Wildman–Crippen MR) is 111 cm³/mol. The lowest BCUT2D eigenvalue weighted by atomic mass is 9.89. The molecule has 3 heterocycles. The molecule has 0 saturated carbocycles. The van der Waals surface area contributed by atoms with E-state index in [0.717, 1.165) is 22.4 Å². The third-order valence-electron chi connectivity index (χ3n) is 5.55. The first kappa shape index (κ1) is 17.2. The van der Waals surface area contributed by atoms with Gasteiger partial charge in [0.05, 0.1) is 17.0 Å². The number of H-pyrrole nitrogens is 3. The number of fused-ring (bicyclic) bond motifs is 2. The van der Waals surface area contributed by atoms with Gasteiger partial charge in [0.1, 0.15) is 5.65 Å². The molecule has 0 saturated heterocycles. The van der Waals surface area contributed by atoms with E-state index in [0.29, 0.717) is 22.3 Å². The quantitative estimate of drug-likeness (QED) is 0.493. The minimum atomic E-state index is -0.645. The number of anilines is 1. The summed E-state index contributed by atoms with van der Waals surface area (Å²) >= 11 is 0. The van der Waals surface area contributed by atoms with Crippen molar-refractivity contribution in [2.75, 3.05) is 11.9 Å². The van der Waals surface area contributed by atoms with Gasteiger partial charge >= 0.3 is 5.69 Å². The van der Waals surface area contributed by atoms with E-state index in [-0.39, 0.29) is 5.91 Å². The van der Waals surface area contributed by atoms with Gasteiger partial charge in [-0.15, -0.1) is 0 Å². The van der Waals surface area contributed by atoms with Gasteiger partial charge in [0.25, 0.3) is 5.56 Å². The Morgan fingerprint density at radius 3 is 2.38 bits per heavy atom. The third-order valence-corrected chi connectivity index (χ3v) is 5.55. The van der Waals surface area contributed by atoms with E-state index >= 15 is 0 Å². The van der Waals surface area contributed by atoms with Crippen molar-refractivity contribution in [3.8, 4) is 11.3 Å². The number of rotatable bonds is 2. The number of hydrogen-bond donors (Lipinski definition) is 3. The molecule has 1 amide bonds. The van der Waals surface area contributed by atoms with Gasteiger partial charge < -0.3 is 9.88 Å². The Kier molecular flexibility index (Phi) is 3.61. The number of carbonyl (C=O) groups excluding carboxylic acids is 1. The number of hydrogen-bond acceptors (Lipinski definition) is 3. The van der Waals surface area contributed by atoms with Crippen molar-refractivity contribution in [2.45, 2.75) is 12.8 Å². The predicted octanol–water partition coefficient (Wildman–Crippen LogP) is 2.63. The van der Waals surface area contributed by atoms with E-state index in [1.807, 2.05) is 55.5 Å². The highest BCUT2D eigenvalue weighted by Gasteiger charge is 2.39. The number of nitrogens with zero attached hydrogens (tertiary/aromatic N) is 1. The van der Waals surface area contributed by atoms with Crippen molar-refractivity contribution < 1.29 is 4.79 Å². The minimum Gasteiger partial charge on any atom is -0.340 e. The molecule has 2 aromatic carbocycles. The van der Waals surface area contributed by atoms with Gasteiger partial charge in [0.2, 0.25) is 5.91 Å². The summed E-state index contributed by atoms with van der Waals surface area (Å²) in [6, 6.07) is 15.4. The number of aromatic amines is 3. The van der Waals surface area contributed by atoms with Crippen molar-refractivity contribution in [2.24, 2.45) is 0 Å². The molecule has 5 rings (SSSR count). The highest BCUT2D eigenvalue weighted by atomic mass is 16.2. The molecule has 4 aromatic rings. The number of benzene rings is 2. The number of aromatic nitrogens is 3. The van der Waals surface area contributed by atoms with Crippen LogP contribution in [0.3, 0.4) is 0 Å². The van der Waals surface area contributed by atoms with Crippen LogP contribution in [0.5, 0.6) is 0 Å². The Balaban J connectivity index is 1.89. The first-order valence-electron chi connectivity index (χ1n) is 9.27. The SMILES string of the molecule is Cc1ccc(-c2[nH]c3[nH]c(=O)[nH]c(=O)c3c2[C@H]2C(=O)N(C)c3ccccc32)cc1. The van der Waals surface area contributed by atoms with Crippen molar-refractivity contribution in [1.82, 2.24) is 15.0 Å². The molecular formula is C22H18N4O3. The van der Waals surface area contributed by atoms with E-state index in [9.17, 15) is 14.4 Å². The highest BCUT2D eigenvalue weighted by Crippen LogP contribution is 2.45. The van der Waals surface area contributed by atoms with Gasteiger partial charge in [-0.1, -0.05) is 48.0 Å². The fourth-order valence-electron chi connectivity index (χ4n) is 4.15. The van der Waals surface area contributed by atoms with Crippen LogP contribution >= 0.6 is 0 Å². The summed E-state index contributed by atoms with van der Waals surface area (Å²) in [7, 11) is 1.73. The average Bonchev–Trinajstić information content (AvgIpc) is 3.18. The van der Waals surface area contributed by atoms with E-state index in [4.69, 9.17) is 0 Å². The van der Waals surface area contributed by atoms with Crippen LogP contribution in [0.4, 0.5) is 5.69 Å². The summed E-state index contributed by atoms with van der Waals surface area (Å²) in [4.78, 5) is 47.6. The molecule has 144 valence electrons. The molecule has 0 aliphatic carbocycles. The summed E-state index contributed by atoms with van der Waals surface area (Å²) in [6.07, 6.45) is 0. The normalized spacial score (nSPS) is 15.9. The Hall–Kier alpha value is -3.87. The Morgan fingerprint density at radius 2 is 1.62 bits per heavy atom. The minimum absolute atomic E-state index is 0.119. The van der Waals surface area contributed by atoms with Crippen molar-refractivity contribution in [3.05, 3.63) is 86.1 Å². The number of aryl methyl sites for hydroxylation is 1. The third kappa shape index (κ3) is 2.47. The molecule has 0 radical (unpaired) electrons. The number of carbonyl (C=O) groups is 1. The summed E-state index contributed by atoms with van der Waals surface area (Å²) < 4.78 is 0. The first-order valence-corrected chi connectivity index (χ1v) is 9.27. The summed E-state index contributed by atoms with van der Waals surface area (Å²) in [5.41, 5.74) is 3.99. The fourth-order valence-corrected chi connectivity index (χ4v) is 4.15. The number of nitrogens with one attached hydrogen (secondary N) is 3. The van der Waals surface area contributed by atoms with E-state index in [1.54, 1.807) is 11.9 Å². The maximum absolute atomic E-state index is 13.2. The summed E-state index contributed by atoms with van der Waals surface area (Å²) in [5, 5.41) is 0.295. The zero-order chi connectivity index (χ0) is 20.3. The van der Waals surface area contributed by atoms with Crippen LogP contribution in [0.2, 0.25) is 0 Å². The maximum atomic E-state index is 13.2. The fraction of sp³-hybridized carbons (Fsp3) is 0.136. The second-order valence-corrected chi connectivity index (χ2v) is 7.33. The van der Waals surface area contributed by atoms with Gasteiger partial charge in [0.15, 0.2) is 0 Å². The molecule has 2 aromatic heterocycles. The van der Waals surface area contributed by atoms with Crippen molar-refractivity contribution in [3.63, 3.8) is 0 Å². The zero-order valence-electron chi connectivity index (χ0n) is 15.9. The lowest BCUT2D eigenvalue weighted by Crippen LogP contribution is -2.26. The molecule has 0 bridgehead atoms. The number of likely N-dealkylation sites (N-methyl/N-ethyl adjacent to an activating group) is 1. The lowest BCUT2D eigenvalue weighted by molar-refractivity contribution is -0.118. The molecule has 3 N–H and O–H groups in total. The number of amides is 1. The van der Waals surface area contributed by atoms with Crippen LogP contribution in [0.1, 0.15) is 22.6 Å². The molecule has 1 aliphatic rings. The van der Waals surface area contributed by atoms with Gasteiger partial charge in [0, 0.05) is 18.3 Å². The Bertz CT molecular complexity index is 1390. The second kappa shape index (κ2) is 6.07. The summed E-state index contributed by atoms with van der Waals surface area (Å²) in [6.45, 7) is 1.99. The first-order chi connectivity index (χ1) is 14.0. The van der Waals surface area contributed by atoms with Crippen molar-refractivity contribution >= 4 is 22.6 Å². The van der Waals surface area contributed by atoms with Gasteiger partial charge in [-0.05, 0) is 24.1 Å². The second-order valence-electron chi connectivity index (χ2n) is 7.33. The van der Waals surface area contributed by atoms with E-state index in [2.05, 4.69) is 15.0 Å². The van der Waals surface area contributed by atoms with Crippen LogP contribution < -0.4 is 16.1 Å². The zero-order valence-corrected chi connectivity index (χ0v) is 15.9. The molecule has 0 unspecified atom stereocenters. The van der Waals surface area contributed by atoms with E-state index in [1.165, 1.54) is 0 Å². The molecule has 1 atom stereocenters. The van der Waals surface area contributed by atoms with Gasteiger partial charge in [-0.25, -0.2) is 4.79 Å². The summed E-state index contributed by atoms with van der Waals surface area (Å²) in [5.74, 6) is -0.765. The molecule has 0 spiro atoms. The lowest BCUT2D eigenvalue weighted by Gasteiger charge is -2.13. The average molecular weight is 386 g/mol. The number of para-hydroxylation sites is 1. The smallest absolute Gasteiger partial charge is 0.327 e. The van der Waals surface area contributed by atoms with Crippen LogP contribution in [0.25, 0.3) is 22.3 Å². The van der Waals surface area contributed by atoms with Crippen LogP contribution in [-0.4, -0.2) is 27.9 Å². The van der Waals surface area contributed by atoms with Crippen LogP contribution in [0, 0.1) is 6.92 Å². The standard InChI is InChI=1S/C22H18N4O3/c1-11-7-9-12(10-8-11)18-16(17-19(23-18)24-22(29)25-20(17)27)15-13-5-3-4-6-14(13)26(2)21(15)28/h3-10,15H,1-2H3,(H3,23,24,25,27,29)/t15-/m0/s1. The Morgan fingerprint density at radius 1 is 0.897 bits per heavy atom. The van der Waals surface area contributed by atoms with Crippen LogP contribution in [-0.2, 0) is 4.79 Å². The van der Waals surface area contributed by atoms with Gasteiger partial charge in [-0.2, -0.15) is 0 Å². The monoisotopic (exact) mass is 386 g/mol. The highest BCUT2D eigenvalue weighted by molar-refractivity contribution is 6.10. The van der Waals surface area contributed by atoms with E-state index < -0.39 is 17.2 Å². The molecule has 1 aliphatic heterocycles. The maximum Gasteiger partial charge on any atom is 0.327 e. The molecular weight excluding hydrogens is 368 g/mol. The molecule has 29 heavy (non-hydrogen) atoms. The van der Waals surface area contributed by atoms with Crippen LogP contribution in [0.15, 0.2) is 58.1 Å². The van der Waals surface area contributed by atoms with Gasteiger partial charge in [-0.3, -0.25) is 19.6 Å². The van der Waals surface area contributed by atoms with Crippen molar-refractivity contribution in [1.29, 1.82) is 0 Å². The molecule has 7 heteroatoms. The largest absolute Gasteiger partial charge is 0.340 e. The Labute approximate surface area is 165 Å². The molecule has 0 fully saturated rings. The topological polar surface area (TPSA) is 102 Å².